The highest BCUT2D eigenvalue weighted by atomic mass is 14.2. The molecule has 0 fully saturated rings. The van der Waals surface area contributed by atoms with E-state index >= 15 is 0 Å². The molecule has 0 aromatic heterocycles. The van der Waals surface area contributed by atoms with Crippen molar-refractivity contribution in [3.8, 4) is 11.1 Å². The Morgan fingerprint density at radius 2 is 0.706 bits per heavy atom. The van der Waals surface area contributed by atoms with Gasteiger partial charge in [-0.15, -0.1) is 0 Å². The van der Waals surface area contributed by atoms with Crippen molar-refractivity contribution in [3.05, 3.63) is 120 Å². The smallest absolute Gasteiger partial charge is 0.00635 e. The molecule has 0 saturated heterocycles. The van der Waals surface area contributed by atoms with Crippen LogP contribution >= 0.6 is 0 Å². The average molecular weight is 433 g/mol. The minimum Gasteiger partial charge on any atom is -0.0616 e. The maximum Gasteiger partial charge on any atom is -0.00635 e. The first-order valence-corrected chi connectivity index (χ1v) is 12.0. The second kappa shape index (κ2) is 7.17. The molecule has 0 aliphatic heterocycles. The molecule has 0 N–H and O–H groups in total. The third-order valence-electron chi connectivity index (χ3n) is 7.63. The van der Waals surface area contributed by atoms with Gasteiger partial charge in [0.2, 0.25) is 0 Å². The lowest BCUT2D eigenvalue weighted by molar-refractivity contribution is 1.48. The summed E-state index contributed by atoms with van der Waals surface area (Å²) in [7, 11) is 0. The van der Waals surface area contributed by atoms with Crippen LogP contribution in [0.1, 0.15) is 11.1 Å². The van der Waals surface area contributed by atoms with Gasteiger partial charge in [0.1, 0.15) is 0 Å². The molecular formula is C34H24. The van der Waals surface area contributed by atoms with Gasteiger partial charge < -0.3 is 0 Å². The number of hydrogen-bond donors (Lipinski definition) is 0. The fourth-order valence-electron chi connectivity index (χ4n) is 6.11. The number of rotatable bonds is 1. The second-order valence-corrected chi connectivity index (χ2v) is 9.34. The standard InChI is InChI=1S/C34H24/c1-21-23-11-3-4-12-25(23)27-14-7-9-17-30(27)33(21)24-19-20-32-29-16-6-5-13-26(29)28-15-8-10-18-31(28)34(32)22(24)2/h3-20H,1-2H3. The molecule has 0 heteroatoms. The van der Waals surface area contributed by atoms with Crippen molar-refractivity contribution in [1.29, 1.82) is 0 Å². The summed E-state index contributed by atoms with van der Waals surface area (Å²) < 4.78 is 0. The topological polar surface area (TPSA) is 0 Å². The van der Waals surface area contributed by atoms with Gasteiger partial charge in [-0.05, 0) is 90.0 Å². The van der Waals surface area contributed by atoms with Gasteiger partial charge in [-0.1, -0.05) is 109 Å². The van der Waals surface area contributed by atoms with E-state index in [1.54, 1.807) is 0 Å². The Balaban J connectivity index is 1.70. The van der Waals surface area contributed by atoms with Gasteiger partial charge in [0.15, 0.2) is 0 Å². The van der Waals surface area contributed by atoms with E-state index in [1.165, 1.54) is 76.1 Å². The predicted octanol–water partition coefficient (Wildman–Crippen LogP) is 9.74. The number of fused-ring (bicyclic) bond motifs is 9. The molecule has 0 aliphatic carbocycles. The zero-order chi connectivity index (χ0) is 22.8. The fourth-order valence-corrected chi connectivity index (χ4v) is 6.11. The van der Waals surface area contributed by atoms with E-state index < -0.39 is 0 Å². The van der Waals surface area contributed by atoms with E-state index in [0.717, 1.165) is 0 Å². The highest BCUT2D eigenvalue weighted by Crippen LogP contribution is 2.44. The van der Waals surface area contributed by atoms with E-state index in [1.807, 2.05) is 0 Å². The van der Waals surface area contributed by atoms with Crippen molar-refractivity contribution in [2.45, 2.75) is 13.8 Å². The molecule has 0 aliphatic rings. The quantitative estimate of drug-likeness (QED) is 0.226. The second-order valence-electron chi connectivity index (χ2n) is 9.34. The van der Waals surface area contributed by atoms with E-state index in [4.69, 9.17) is 0 Å². The van der Waals surface area contributed by atoms with Gasteiger partial charge in [-0.3, -0.25) is 0 Å². The summed E-state index contributed by atoms with van der Waals surface area (Å²) in [6.07, 6.45) is 0. The molecule has 7 rings (SSSR count). The fraction of sp³-hybridized carbons (Fsp3) is 0.0588. The summed E-state index contributed by atoms with van der Waals surface area (Å²) in [5.41, 5.74) is 5.38. The molecule has 160 valence electrons. The summed E-state index contributed by atoms with van der Waals surface area (Å²) in [4.78, 5) is 0. The van der Waals surface area contributed by atoms with E-state index in [2.05, 4.69) is 123 Å². The first-order valence-electron chi connectivity index (χ1n) is 12.0. The molecule has 0 bridgehead atoms. The van der Waals surface area contributed by atoms with Crippen LogP contribution < -0.4 is 0 Å². The third-order valence-corrected chi connectivity index (χ3v) is 7.63. The van der Waals surface area contributed by atoms with Gasteiger partial charge in [0, 0.05) is 0 Å². The van der Waals surface area contributed by atoms with Crippen LogP contribution in [-0.4, -0.2) is 0 Å². The van der Waals surface area contributed by atoms with Crippen LogP contribution in [0.25, 0.3) is 65.0 Å². The lowest BCUT2D eigenvalue weighted by atomic mass is 9.84. The maximum absolute atomic E-state index is 2.35. The van der Waals surface area contributed by atoms with Crippen molar-refractivity contribution < 1.29 is 0 Å². The van der Waals surface area contributed by atoms with Gasteiger partial charge in [0.05, 0.1) is 0 Å². The Kier molecular flexibility index (Phi) is 4.07. The van der Waals surface area contributed by atoms with E-state index in [0.29, 0.717) is 0 Å². The molecule has 0 heterocycles. The van der Waals surface area contributed by atoms with Crippen LogP contribution in [0.15, 0.2) is 109 Å². The highest BCUT2D eigenvalue weighted by Gasteiger charge is 2.17. The van der Waals surface area contributed by atoms with Crippen molar-refractivity contribution in [2.24, 2.45) is 0 Å². The summed E-state index contributed by atoms with van der Waals surface area (Å²) >= 11 is 0. The Labute approximate surface area is 199 Å². The lowest BCUT2D eigenvalue weighted by Crippen LogP contribution is -1.94. The molecular weight excluding hydrogens is 408 g/mol. The highest BCUT2D eigenvalue weighted by molar-refractivity contribution is 6.27. The van der Waals surface area contributed by atoms with Crippen molar-refractivity contribution >= 4 is 53.9 Å². The molecule has 0 spiro atoms. The Bertz CT molecular complexity index is 1890. The summed E-state index contributed by atoms with van der Waals surface area (Å²) in [6.45, 7) is 4.59. The minimum atomic E-state index is 1.32. The number of benzene rings is 7. The first-order chi connectivity index (χ1) is 16.7. The van der Waals surface area contributed by atoms with Crippen molar-refractivity contribution in [2.75, 3.05) is 0 Å². The molecule has 7 aromatic rings. The summed E-state index contributed by atoms with van der Waals surface area (Å²) in [6, 6.07) is 40.1. The van der Waals surface area contributed by atoms with Gasteiger partial charge in [0.25, 0.3) is 0 Å². The van der Waals surface area contributed by atoms with Gasteiger partial charge in [-0.2, -0.15) is 0 Å². The van der Waals surface area contributed by atoms with Gasteiger partial charge in [-0.25, -0.2) is 0 Å². The van der Waals surface area contributed by atoms with Crippen LogP contribution in [0.4, 0.5) is 0 Å². The third kappa shape index (κ3) is 2.54. The molecule has 0 saturated carbocycles. The van der Waals surface area contributed by atoms with Crippen molar-refractivity contribution in [1.82, 2.24) is 0 Å². The Morgan fingerprint density at radius 1 is 0.324 bits per heavy atom. The SMILES string of the molecule is Cc1c(-c2ccc3c4ccccc4c4ccccc4c3c2C)c2ccccc2c2ccccc12. The molecule has 0 amide bonds. The van der Waals surface area contributed by atoms with Crippen LogP contribution in [-0.2, 0) is 0 Å². The normalized spacial score (nSPS) is 11.8. The molecule has 34 heavy (non-hydrogen) atoms. The molecule has 0 radical (unpaired) electrons. The monoisotopic (exact) mass is 432 g/mol. The maximum atomic E-state index is 2.35. The van der Waals surface area contributed by atoms with E-state index in [9.17, 15) is 0 Å². The Morgan fingerprint density at radius 3 is 1.29 bits per heavy atom. The molecule has 7 aromatic carbocycles. The molecule has 0 nitrogen and oxygen atoms in total. The average Bonchev–Trinajstić information content (AvgIpc) is 2.90. The number of aryl methyl sites for hydroxylation is 2. The number of hydrogen-bond acceptors (Lipinski definition) is 0. The largest absolute Gasteiger partial charge is 0.0616 e. The summed E-state index contributed by atoms with van der Waals surface area (Å²) in [5, 5.41) is 13.3. The Hall–Kier alpha value is -4.16. The minimum absolute atomic E-state index is 1.32. The van der Waals surface area contributed by atoms with Crippen LogP contribution in [0.3, 0.4) is 0 Å². The molecule has 0 atom stereocenters. The zero-order valence-electron chi connectivity index (χ0n) is 19.4. The van der Waals surface area contributed by atoms with Crippen LogP contribution in [0, 0.1) is 13.8 Å². The lowest BCUT2D eigenvalue weighted by Gasteiger charge is -2.19. The molecule has 0 unspecified atom stereocenters. The van der Waals surface area contributed by atoms with Crippen molar-refractivity contribution in [3.63, 3.8) is 0 Å². The van der Waals surface area contributed by atoms with Crippen LogP contribution in [0.2, 0.25) is 0 Å². The summed E-state index contributed by atoms with van der Waals surface area (Å²) in [5.74, 6) is 0. The predicted molar refractivity (Wildman–Crippen MR) is 149 cm³/mol. The van der Waals surface area contributed by atoms with E-state index in [-0.39, 0.29) is 0 Å². The first kappa shape index (κ1) is 19.3. The zero-order valence-corrected chi connectivity index (χ0v) is 19.4. The van der Waals surface area contributed by atoms with Crippen LogP contribution in [0.5, 0.6) is 0 Å². The van der Waals surface area contributed by atoms with Gasteiger partial charge >= 0.3 is 0 Å².